The lowest BCUT2D eigenvalue weighted by atomic mass is 10.0. The minimum absolute atomic E-state index is 0.344. The summed E-state index contributed by atoms with van der Waals surface area (Å²) in [5.41, 5.74) is 8.44. The third-order valence-corrected chi connectivity index (χ3v) is 4.57. The van der Waals surface area contributed by atoms with E-state index in [1.54, 1.807) is 0 Å². The molecule has 1 saturated heterocycles. The Morgan fingerprint density at radius 1 is 1.40 bits per heavy atom. The lowest BCUT2D eigenvalue weighted by Gasteiger charge is -2.27. The van der Waals surface area contributed by atoms with Gasteiger partial charge in [0.2, 0.25) is 0 Å². The summed E-state index contributed by atoms with van der Waals surface area (Å²) < 4.78 is 0. The van der Waals surface area contributed by atoms with E-state index < -0.39 is 0 Å². The van der Waals surface area contributed by atoms with Gasteiger partial charge in [-0.2, -0.15) is 0 Å². The van der Waals surface area contributed by atoms with Crippen LogP contribution < -0.4 is 5.73 Å². The van der Waals surface area contributed by atoms with Crippen LogP contribution in [0.5, 0.6) is 0 Å². The van der Waals surface area contributed by atoms with Crippen LogP contribution in [0.15, 0.2) is 36.5 Å². The fourth-order valence-electron chi connectivity index (χ4n) is 3.28. The number of aromatic nitrogens is 1. The molecule has 20 heavy (non-hydrogen) atoms. The number of fused-ring (bicyclic) bond motifs is 1. The predicted molar refractivity (Wildman–Crippen MR) is 83.5 cm³/mol. The second-order valence-corrected chi connectivity index (χ2v) is 5.76. The number of hydrogen-bond donors (Lipinski definition) is 1. The Hall–Kier alpha value is -1.45. The zero-order chi connectivity index (χ0) is 13.9. The van der Waals surface area contributed by atoms with Gasteiger partial charge in [-0.3, -0.25) is 9.88 Å². The summed E-state index contributed by atoms with van der Waals surface area (Å²) >= 11 is 0. The van der Waals surface area contributed by atoms with Gasteiger partial charge in [-0.25, -0.2) is 0 Å². The maximum Gasteiger partial charge on any atom is 0.0702 e. The van der Waals surface area contributed by atoms with Crippen LogP contribution in [0.25, 0.3) is 10.9 Å². The molecule has 0 aliphatic carbocycles. The molecule has 2 atom stereocenters. The molecule has 3 rings (SSSR count). The molecule has 1 aliphatic rings. The smallest absolute Gasteiger partial charge is 0.0702 e. The first-order valence-electron chi connectivity index (χ1n) is 7.60. The van der Waals surface area contributed by atoms with E-state index in [4.69, 9.17) is 5.73 Å². The lowest BCUT2D eigenvalue weighted by Crippen LogP contribution is -2.32. The number of benzene rings is 1. The second kappa shape index (κ2) is 5.90. The molecule has 1 aliphatic heterocycles. The molecule has 2 heterocycles. The van der Waals surface area contributed by atoms with Gasteiger partial charge in [-0.15, -0.1) is 0 Å². The molecule has 0 radical (unpaired) electrons. The van der Waals surface area contributed by atoms with Gasteiger partial charge in [0, 0.05) is 30.7 Å². The van der Waals surface area contributed by atoms with Gasteiger partial charge in [0.05, 0.1) is 5.52 Å². The van der Waals surface area contributed by atoms with Crippen molar-refractivity contribution in [2.75, 3.05) is 19.6 Å². The Kier molecular flexibility index (Phi) is 3.99. The Labute approximate surface area is 120 Å². The molecule has 2 unspecified atom stereocenters. The van der Waals surface area contributed by atoms with Gasteiger partial charge >= 0.3 is 0 Å². The van der Waals surface area contributed by atoms with E-state index in [0.29, 0.717) is 12.6 Å². The third-order valence-electron chi connectivity index (χ3n) is 4.57. The highest BCUT2D eigenvalue weighted by molar-refractivity contribution is 5.79. The van der Waals surface area contributed by atoms with Crippen molar-refractivity contribution in [3.8, 4) is 0 Å². The lowest BCUT2D eigenvalue weighted by molar-refractivity contribution is 0.241. The van der Waals surface area contributed by atoms with Crippen LogP contribution in [0.1, 0.15) is 31.4 Å². The summed E-state index contributed by atoms with van der Waals surface area (Å²) in [5, 5.41) is 1.20. The standard InChI is InChI=1S/C17H23N3/c1-2-13-7-9-20(12-13)17(11-18)15-5-6-16-14(10-15)4-3-8-19-16/h3-6,8,10,13,17H,2,7,9,11-12,18H2,1H3. The Bertz CT molecular complexity index is 581. The van der Waals surface area contributed by atoms with E-state index in [-0.39, 0.29) is 0 Å². The molecule has 0 saturated carbocycles. The molecule has 2 aromatic rings. The molecule has 3 nitrogen and oxygen atoms in total. The van der Waals surface area contributed by atoms with Crippen LogP contribution in [-0.2, 0) is 0 Å². The summed E-state index contributed by atoms with van der Waals surface area (Å²) in [4.78, 5) is 6.93. The molecule has 3 heteroatoms. The van der Waals surface area contributed by atoms with E-state index in [1.807, 2.05) is 12.3 Å². The summed E-state index contributed by atoms with van der Waals surface area (Å²) in [6.45, 7) is 5.32. The average Bonchev–Trinajstić information content (AvgIpc) is 2.97. The molecule has 106 valence electrons. The fraction of sp³-hybridized carbons (Fsp3) is 0.471. The normalized spacial score (nSPS) is 21.4. The van der Waals surface area contributed by atoms with Crippen LogP contribution in [0.2, 0.25) is 0 Å². The summed E-state index contributed by atoms with van der Waals surface area (Å²) in [6.07, 6.45) is 4.42. The van der Waals surface area contributed by atoms with E-state index in [1.165, 1.54) is 36.9 Å². The van der Waals surface area contributed by atoms with E-state index in [9.17, 15) is 0 Å². The zero-order valence-electron chi connectivity index (χ0n) is 12.1. The minimum Gasteiger partial charge on any atom is -0.329 e. The van der Waals surface area contributed by atoms with Crippen molar-refractivity contribution in [3.05, 3.63) is 42.1 Å². The van der Waals surface area contributed by atoms with Gasteiger partial charge in [-0.1, -0.05) is 25.5 Å². The highest BCUT2D eigenvalue weighted by Gasteiger charge is 2.27. The van der Waals surface area contributed by atoms with Crippen molar-refractivity contribution in [2.45, 2.75) is 25.8 Å². The largest absolute Gasteiger partial charge is 0.329 e. The summed E-state index contributed by atoms with van der Waals surface area (Å²) in [7, 11) is 0. The highest BCUT2D eigenvalue weighted by atomic mass is 15.2. The second-order valence-electron chi connectivity index (χ2n) is 5.76. The number of nitrogens with zero attached hydrogens (tertiary/aromatic N) is 2. The molecule has 2 N–H and O–H groups in total. The van der Waals surface area contributed by atoms with Crippen molar-refractivity contribution in [1.29, 1.82) is 0 Å². The van der Waals surface area contributed by atoms with E-state index in [0.717, 1.165) is 11.4 Å². The van der Waals surface area contributed by atoms with Gasteiger partial charge in [0.25, 0.3) is 0 Å². The van der Waals surface area contributed by atoms with Crippen molar-refractivity contribution in [2.24, 2.45) is 11.7 Å². The minimum atomic E-state index is 0.344. The first-order valence-corrected chi connectivity index (χ1v) is 7.60. The quantitative estimate of drug-likeness (QED) is 0.928. The van der Waals surface area contributed by atoms with Crippen LogP contribution in [0.3, 0.4) is 0 Å². The third kappa shape index (κ3) is 2.56. The molecule has 1 aromatic carbocycles. The van der Waals surface area contributed by atoms with Crippen molar-refractivity contribution < 1.29 is 0 Å². The maximum atomic E-state index is 6.06. The molecular formula is C17H23N3. The Balaban J connectivity index is 1.87. The molecular weight excluding hydrogens is 246 g/mol. The Morgan fingerprint density at radius 2 is 2.30 bits per heavy atom. The average molecular weight is 269 g/mol. The highest BCUT2D eigenvalue weighted by Crippen LogP contribution is 2.29. The summed E-state index contributed by atoms with van der Waals surface area (Å²) in [6, 6.07) is 11.0. The van der Waals surface area contributed by atoms with Gasteiger partial charge in [0.1, 0.15) is 0 Å². The van der Waals surface area contributed by atoms with Crippen molar-refractivity contribution in [3.63, 3.8) is 0 Å². The Morgan fingerprint density at radius 3 is 3.05 bits per heavy atom. The number of nitrogens with two attached hydrogens (primary N) is 1. The first-order chi connectivity index (χ1) is 9.81. The summed E-state index contributed by atoms with van der Waals surface area (Å²) in [5.74, 6) is 0.839. The molecule has 0 amide bonds. The number of hydrogen-bond acceptors (Lipinski definition) is 3. The van der Waals surface area contributed by atoms with Gasteiger partial charge < -0.3 is 5.73 Å². The van der Waals surface area contributed by atoms with Crippen molar-refractivity contribution >= 4 is 10.9 Å². The SMILES string of the molecule is CCC1CCN(C(CN)c2ccc3ncccc3c2)C1. The van der Waals surface area contributed by atoms with Crippen LogP contribution in [0, 0.1) is 5.92 Å². The molecule has 0 spiro atoms. The first kappa shape index (κ1) is 13.5. The van der Waals surface area contributed by atoms with E-state index >= 15 is 0 Å². The predicted octanol–water partition coefficient (Wildman–Crippen LogP) is 2.97. The zero-order valence-corrected chi connectivity index (χ0v) is 12.1. The monoisotopic (exact) mass is 269 g/mol. The molecule has 1 aromatic heterocycles. The maximum absolute atomic E-state index is 6.06. The fourth-order valence-corrected chi connectivity index (χ4v) is 3.28. The number of rotatable bonds is 4. The van der Waals surface area contributed by atoms with Gasteiger partial charge in [0.15, 0.2) is 0 Å². The van der Waals surface area contributed by atoms with Crippen LogP contribution in [-0.4, -0.2) is 29.5 Å². The van der Waals surface area contributed by atoms with E-state index in [2.05, 4.69) is 41.1 Å². The molecule has 0 bridgehead atoms. The number of pyridine rings is 1. The number of likely N-dealkylation sites (tertiary alicyclic amines) is 1. The van der Waals surface area contributed by atoms with Crippen molar-refractivity contribution in [1.82, 2.24) is 9.88 Å². The topological polar surface area (TPSA) is 42.1 Å². The van der Waals surface area contributed by atoms with Crippen LogP contribution in [0.4, 0.5) is 0 Å². The van der Waals surface area contributed by atoms with Crippen LogP contribution >= 0.6 is 0 Å². The van der Waals surface area contributed by atoms with Gasteiger partial charge in [-0.05, 0) is 42.6 Å². The molecule has 1 fully saturated rings.